The Bertz CT molecular complexity index is 3290. The third-order valence-electron chi connectivity index (χ3n) is 15.3. The summed E-state index contributed by atoms with van der Waals surface area (Å²) in [5.74, 6) is 4.23. The van der Waals surface area contributed by atoms with Crippen LogP contribution >= 0.6 is 56.9 Å². The Balaban J connectivity index is 0.000000289. The van der Waals surface area contributed by atoms with Crippen LogP contribution in [0.3, 0.4) is 0 Å². The van der Waals surface area contributed by atoms with Crippen LogP contribution in [0.1, 0.15) is 120 Å². The number of anilines is 3. The zero-order valence-electron chi connectivity index (χ0n) is 52.6. The van der Waals surface area contributed by atoms with Gasteiger partial charge in [0.05, 0.1) is 28.7 Å². The van der Waals surface area contributed by atoms with Crippen molar-refractivity contribution in [3.05, 3.63) is 74.2 Å². The van der Waals surface area contributed by atoms with E-state index in [1.807, 2.05) is 6.92 Å². The number of halogens is 1. The molecule has 0 bridgehead atoms. The number of ether oxygens (including phenoxy) is 2. The number of aryl methyl sites for hydroxylation is 4. The van der Waals surface area contributed by atoms with Crippen molar-refractivity contribution >= 4 is 140 Å². The van der Waals surface area contributed by atoms with Gasteiger partial charge in [-0.3, -0.25) is 14.4 Å². The molecule has 0 atom stereocenters. The summed E-state index contributed by atoms with van der Waals surface area (Å²) in [6.45, 7) is 21.6. The number of thiophene rings is 4. The molecule has 7 N–H and O–H groups in total. The summed E-state index contributed by atoms with van der Waals surface area (Å²) in [5, 5.41) is 11.2. The van der Waals surface area contributed by atoms with Crippen LogP contribution in [0, 0.1) is 11.8 Å². The van der Waals surface area contributed by atoms with Gasteiger partial charge in [-0.2, -0.15) is 9.59 Å². The molecule has 12 rings (SSSR count). The molecule has 22 nitrogen and oxygen atoms in total. The van der Waals surface area contributed by atoms with Crippen LogP contribution in [0.25, 0.3) is 40.9 Å². The van der Waals surface area contributed by atoms with Crippen molar-refractivity contribution in [2.45, 2.75) is 137 Å². The minimum Gasteiger partial charge on any atom is -1.00 e. The van der Waals surface area contributed by atoms with Crippen molar-refractivity contribution in [1.82, 2.24) is 56.7 Å². The fraction of sp³-hybridized carbons (Fsp3) is 0.533. The van der Waals surface area contributed by atoms with Gasteiger partial charge >= 0.3 is 63.5 Å². The Morgan fingerprint density at radius 1 is 0.614 bits per heavy atom. The molecule has 28 heteroatoms. The number of hydrogen-bond acceptors (Lipinski definition) is 24. The molecule has 1 amide bonds. The Labute approximate surface area is 580 Å². The molecule has 0 saturated carbocycles. The number of hydrogen-bond donors (Lipinski definition) is 3. The fourth-order valence-electron chi connectivity index (χ4n) is 10.5. The van der Waals surface area contributed by atoms with E-state index in [1.165, 1.54) is 50.5 Å². The van der Waals surface area contributed by atoms with E-state index < -0.39 is 0 Å². The number of aromatic nitrogens is 8. The smallest absolute Gasteiger partial charge is 1.00 e. The number of fused-ring (bicyclic) bond motifs is 4. The van der Waals surface area contributed by atoms with E-state index in [0.717, 1.165) is 182 Å². The van der Waals surface area contributed by atoms with Gasteiger partial charge in [0.25, 0.3) is 6.47 Å². The van der Waals surface area contributed by atoms with Gasteiger partial charge in [-0.05, 0) is 114 Å². The van der Waals surface area contributed by atoms with Crippen LogP contribution in [0.15, 0.2) is 49.6 Å². The Morgan fingerprint density at radius 3 is 1.35 bits per heavy atom. The van der Waals surface area contributed by atoms with Crippen LogP contribution in [0.4, 0.5) is 17.5 Å². The Morgan fingerprint density at radius 2 is 0.989 bits per heavy atom. The van der Waals surface area contributed by atoms with Gasteiger partial charge in [-0.1, -0.05) is 52.6 Å². The SMILES string of the molecule is CCOC(=O)C1CCNCC1.CCc1cc2c(Cl)ncnc2s1.CCc1cc2c(N3CCC(CC)CC3)ncnc2s1.CCc1cc2c(N3CCC(NC=O)CC3)ncnc2s1.CCc1cc2c(N3CCC(OC=O)CC3)ncnc2s1.N.O.O=C=O.[H-].[K+]. The molecule has 4 saturated heterocycles. The molecule has 0 radical (unpaired) electrons. The van der Waals surface area contributed by atoms with E-state index in [9.17, 15) is 14.4 Å². The molecule has 4 fully saturated rings. The molecule has 0 unspecified atom stereocenters. The second-order valence-electron chi connectivity index (χ2n) is 20.6. The van der Waals surface area contributed by atoms with Crippen molar-refractivity contribution in [2.75, 3.05) is 73.7 Å². The van der Waals surface area contributed by atoms with Crippen LogP contribution in [0.2, 0.25) is 5.15 Å². The van der Waals surface area contributed by atoms with Gasteiger partial charge in [0.1, 0.15) is 73.3 Å². The summed E-state index contributed by atoms with van der Waals surface area (Å²) in [7, 11) is 0. The van der Waals surface area contributed by atoms with Crippen molar-refractivity contribution in [3.8, 4) is 0 Å². The summed E-state index contributed by atoms with van der Waals surface area (Å²) in [6.07, 6.45) is 21.2. The van der Waals surface area contributed by atoms with E-state index in [-0.39, 0.29) is 88.6 Å². The predicted molar refractivity (Wildman–Crippen MR) is 351 cm³/mol. The molecule has 0 aliphatic carbocycles. The molecule has 474 valence electrons. The number of amides is 1. The molecular weight excluding hydrogens is 1250 g/mol. The van der Waals surface area contributed by atoms with Crippen LogP contribution in [0.5, 0.6) is 0 Å². The second kappa shape index (κ2) is 40.1. The molecule has 8 aromatic heterocycles. The Hall–Kier alpha value is -4.84. The van der Waals surface area contributed by atoms with E-state index in [4.69, 9.17) is 30.7 Å². The molecular formula is C60H84ClKN14O8S4. The number of piperidine rings is 4. The second-order valence-corrected chi connectivity index (χ2v) is 25.4. The summed E-state index contributed by atoms with van der Waals surface area (Å²) in [4.78, 5) is 99.6. The number of nitrogens with zero attached hydrogens (tertiary/aromatic N) is 11. The maximum Gasteiger partial charge on any atom is 1.00 e. The van der Waals surface area contributed by atoms with Crippen molar-refractivity contribution in [2.24, 2.45) is 11.8 Å². The van der Waals surface area contributed by atoms with Gasteiger partial charge < -0.3 is 47.9 Å². The number of esters is 1. The number of carbonyl (C=O) groups excluding carboxylic acids is 5. The third kappa shape index (κ3) is 21.4. The quantitative estimate of drug-likeness (QED) is 0.0409. The number of rotatable bonds is 14. The molecule has 0 spiro atoms. The zero-order valence-corrected chi connectivity index (χ0v) is 58.8. The third-order valence-corrected chi connectivity index (χ3v) is 20.4. The number of carbonyl (C=O) groups is 3. The molecule has 4 aliphatic heterocycles. The molecule has 8 aromatic rings. The van der Waals surface area contributed by atoms with Crippen molar-refractivity contribution < 1.29 is 91.7 Å². The largest absolute Gasteiger partial charge is 1.00 e. The van der Waals surface area contributed by atoms with Crippen LogP contribution < -0.4 is 82.9 Å². The van der Waals surface area contributed by atoms with Gasteiger partial charge in [0, 0.05) is 83.0 Å². The standard InChI is InChI=1S/C15H21N3S.C14H18N4OS.C14H17N3O2S.C8H7ClN2S.C8H15NO2.CO2.K.H3N.H2O.H/c1-3-11-5-7-18(8-6-11)14-13-9-12(4-2)19-15(13)17-10-16-14;1-2-11-7-12-13(15-8-16-14(12)20-11)18-5-3-10(4-6-18)17-9-19;1-2-11-7-12-13(15-8-16-14(12)20-11)17-5-3-10(4-6-17)19-9-18;1-2-5-3-6-7(9)10-4-11-8(6)12-5;1-2-11-8(10)7-3-5-9-6-4-7;2-1-3;;;;/h9-11H,3-8H2,1-2H3;7-10H,2-6H2,1H3,(H,17,19);7-10H,2-6H2,1H3;3-4H,2H2,1H3;7,9H,2-6H2,1H3;;;1H3;1H2;/q;;;;;;+1;;;-1. The van der Waals surface area contributed by atoms with E-state index >= 15 is 0 Å². The predicted octanol–water partition coefficient (Wildman–Crippen LogP) is 7.57. The van der Waals surface area contributed by atoms with Crippen LogP contribution in [-0.2, 0) is 59.1 Å². The van der Waals surface area contributed by atoms with E-state index in [0.29, 0.717) is 24.3 Å². The molecule has 4 aliphatic rings. The van der Waals surface area contributed by atoms with Crippen molar-refractivity contribution in [1.29, 1.82) is 0 Å². The molecule has 0 aromatic carbocycles. The average Bonchev–Trinajstić information content (AvgIpc) is 4.15. The van der Waals surface area contributed by atoms with E-state index in [1.54, 1.807) is 64.3 Å². The normalized spacial score (nSPS) is 15.3. The first-order chi connectivity index (χ1) is 41.5. The Kier molecular flexibility index (Phi) is 34.5. The summed E-state index contributed by atoms with van der Waals surface area (Å²) >= 11 is 12.8. The summed E-state index contributed by atoms with van der Waals surface area (Å²) < 4.78 is 9.95. The van der Waals surface area contributed by atoms with Crippen LogP contribution in [-0.4, -0.2) is 141 Å². The summed E-state index contributed by atoms with van der Waals surface area (Å²) in [6, 6.07) is 9.05. The first-order valence-electron chi connectivity index (χ1n) is 29.5. The topological polar surface area (TPSA) is 307 Å². The zero-order chi connectivity index (χ0) is 60.5. The first kappa shape index (κ1) is 75.6. The average molecular weight is 1330 g/mol. The number of nitrogens with one attached hydrogen (secondary N) is 2. The van der Waals surface area contributed by atoms with Gasteiger partial charge in [0.2, 0.25) is 6.41 Å². The molecule has 88 heavy (non-hydrogen) atoms. The minimum atomic E-state index is -0.0194. The van der Waals surface area contributed by atoms with E-state index in [2.05, 4.69) is 124 Å². The summed E-state index contributed by atoms with van der Waals surface area (Å²) in [5.41, 5.74) is 0. The fourth-order valence-corrected chi connectivity index (χ4v) is 14.5. The minimum absolute atomic E-state index is 0. The maximum absolute atomic E-state index is 11.1. The van der Waals surface area contributed by atoms with Gasteiger partial charge in [0.15, 0.2) is 0 Å². The van der Waals surface area contributed by atoms with Crippen molar-refractivity contribution in [3.63, 3.8) is 0 Å². The first-order valence-corrected chi connectivity index (χ1v) is 33.2. The maximum atomic E-state index is 11.1. The monoisotopic (exact) mass is 1330 g/mol. The molecule has 12 heterocycles. The van der Waals surface area contributed by atoms with Gasteiger partial charge in [-0.15, -0.1) is 45.3 Å². The van der Waals surface area contributed by atoms with Gasteiger partial charge in [-0.25, -0.2) is 39.9 Å².